The van der Waals surface area contributed by atoms with Gasteiger partial charge in [0.25, 0.3) is 0 Å². The van der Waals surface area contributed by atoms with Gasteiger partial charge in [-0.2, -0.15) is 0 Å². The molecule has 0 spiro atoms. The van der Waals surface area contributed by atoms with Gasteiger partial charge in [0.05, 0.1) is 7.11 Å². The molecule has 0 radical (unpaired) electrons. The lowest BCUT2D eigenvalue weighted by Gasteiger charge is -2.32. The maximum atomic E-state index is 11.0. The van der Waals surface area contributed by atoms with E-state index in [2.05, 4.69) is 10.2 Å². The molecule has 1 aromatic carbocycles. The third kappa shape index (κ3) is 3.87. The van der Waals surface area contributed by atoms with Gasteiger partial charge < -0.3 is 15.8 Å². The van der Waals surface area contributed by atoms with Crippen LogP contribution < -0.4 is 15.8 Å². The van der Waals surface area contributed by atoms with Crippen LogP contribution in [-0.2, 0) is 11.3 Å². The fourth-order valence-electron chi connectivity index (χ4n) is 2.66. The second-order valence-electron chi connectivity index (χ2n) is 5.32. The number of anilines is 1. The minimum absolute atomic E-state index is 0.0589. The first kappa shape index (κ1) is 14.7. The minimum atomic E-state index is 0.0589. The van der Waals surface area contributed by atoms with Crippen LogP contribution >= 0.6 is 0 Å². The minimum Gasteiger partial charge on any atom is -0.496 e. The zero-order valence-electron chi connectivity index (χ0n) is 12.2. The van der Waals surface area contributed by atoms with Crippen LogP contribution in [0.5, 0.6) is 5.75 Å². The van der Waals surface area contributed by atoms with Gasteiger partial charge in [-0.05, 0) is 18.9 Å². The molecule has 1 aromatic rings. The lowest BCUT2D eigenvalue weighted by molar-refractivity contribution is -0.119. The third-order valence-corrected chi connectivity index (χ3v) is 3.70. The van der Waals surface area contributed by atoms with Gasteiger partial charge in [-0.1, -0.05) is 6.07 Å². The number of methoxy groups -OCH3 is 1. The molecule has 1 aliphatic rings. The summed E-state index contributed by atoms with van der Waals surface area (Å²) in [6.45, 7) is 4.40. The zero-order chi connectivity index (χ0) is 14.5. The van der Waals surface area contributed by atoms with Gasteiger partial charge in [0.1, 0.15) is 5.75 Å². The summed E-state index contributed by atoms with van der Waals surface area (Å²) in [5.74, 6) is 0.901. The molecule has 5 nitrogen and oxygen atoms in total. The molecule has 0 atom stereocenters. The number of nitrogen functional groups attached to an aromatic ring is 1. The normalized spacial score (nSPS) is 16.9. The summed E-state index contributed by atoms with van der Waals surface area (Å²) in [6, 6.07) is 6.10. The molecule has 0 bridgehead atoms. The van der Waals surface area contributed by atoms with Gasteiger partial charge in [-0.15, -0.1) is 0 Å². The van der Waals surface area contributed by atoms with E-state index in [1.54, 1.807) is 14.0 Å². The van der Waals surface area contributed by atoms with E-state index in [0.717, 1.165) is 49.5 Å². The summed E-state index contributed by atoms with van der Waals surface area (Å²) in [5, 5.41) is 2.99. The van der Waals surface area contributed by atoms with Crippen molar-refractivity contribution >= 4 is 11.6 Å². The van der Waals surface area contributed by atoms with Gasteiger partial charge in [-0.3, -0.25) is 9.69 Å². The molecular weight excluding hydrogens is 254 g/mol. The molecule has 110 valence electrons. The number of hydrogen-bond donors (Lipinski definition) is 2. The molecular formula is C15H23N3O2. The van der Waals surface area contributed by atoms with Gasteiger partial charge in [-0.25, -0.2) is 0 Å². The van der Waals surface area contributed by atoms with E-state index in [1.807, 2.05) is 18.2 Å². The largest absolute Gasteiger partial charge is 0.496 e. The first-order chi connectivity index (χ1) is 9.58. The SMILES string of the molecule is COc1cc(N)ccc1CN1CCC(NC(C)=O)CC1. The van der Waals surface area contributed by atoms with Crippen LogP contribution in [0.25, 0.3) is 0 Å². The topological polar surface area (TPSA) is 67.6 Å². The van der Waals surface area contributed by atoms with E-state index in [4.69, 9.17) is 10.5 Å². The molecule has 0 unspecified atom stereocenters. The fraction of sp³-hybridized carbons (Fsp3) is 0.533. The maximum Gasteiger partial charge on any atom is 0.217 e. The summed E-state index contributed by atoms with van der Waals surface area (Å²) in [7, 11) is 1.67. The van der Waals surface area contributed by atoms with Crippen LogP contribution in [-0.4, -0.2) is 37.0 Å². The Morgan fingerprint density at radius 2 is 2.15 bits per heavy atom. The number of piperidine rings is 1. The Labute approximate surface area is 120 Å². The van der Waals surface area contributed by atoms with Crippen LogP contribution in [0, 0.1) is 0 Å². The van der Waals surface area contributed by atoms with Crippen molar-refractivity contribution in [3.8, 4) is 5.75 Å². The van der Waals surface area contributed by atoms with E-state index >= 15 is 0 Å². The van der Waals surface area contributed by atoms with E-state index < -0.39 is 0 Å². The van der Waals surface area contributed by atoms with Gasteiger partial charge in [0.2, 0.25) is 5.91 Å². The molecule has 20 heavy (non-hydrogen) atoms. The molecule has 1 aliphatic heterocycles. The lowest BCUT2D eigenvalue weighted by Crippen LogP contribution is -2.43. The van der Waals surface area contributed by atoms with Crippen LogP contribution in [0.3, 0.4) is 0 Å². The number of nitrogens with two attached hydrogens (primary N) is 1. The Morgan fingerprint density at radius 3 is 2.75 bits per heavy atom. The van der Waals surface area contributed by atoms with Crippen molar-refractivity contribution in [1.29, 1.82) is 0 Å². The standard InChI is InChI=1S/C15H23N3O2/c1-11(19)17-14-5-7-18(8-6-14)10-12-3-4-13(16)9-15(12)20-2/h3-4,9,14H,5-8,10,16H2,1-2H3,(H,17,19). The quantitative estimate of drug-likeness (QED) is 0.816. The highest BCUT2D eigenvalue weighted by atomic mass is 16.5. The summed E-state index contributed by atoms with van der Waals surface area (Å²) in [4.78, 5) is 13.4. The molecule has 5 heteroatoms. The first-order valence-corrected chi connectivity index (χ1v) is 7.00. The molecule has 3 N–H and O–H groups in total. The third-order valence-electron chi connectivity index (χ3n) is 3.70. The number of carbonyl (C=O) groups excluding carboxylic acids is 1. The predicted molar refractivity (Wildman–Crippen MR) is 79.5 cm³/mol. The Kier molecular flexibility index (Phi) is 4.84. The summed E-state index contributed by atoms with van der Waals surface area (Å²) in [6.07, 6.45) is 1.99. The Morgan fingerprint density at radius 1 is 1.45 bits per heavy atom. The van der Waals surface area contributed by atoms with Crippen molar-refractivity contribution in [3.63, 3.8) is 0 Å². The summed E-state index contributed by atoms with van der Waals surface area (Å²) >= 11 is 0. The number of hydrogen-bond acceptors (Lipinski definition) is 4. The zero-order valence-corrected chi connectivity index (χ0v) is 12.2. The number of amides is 1. The van der Waals surface area contributed by atoms with Crippen molar-refractivity contribution < 1.29 is 9.53 Å². The van der Waals surface area contributed by atoms with Crippen molar-refractivity contribution in [2.24, 2.45) is 0 Å². The average Bonchev–Trinajstić information content (AvgIpc) is 2.42. The highest BCUT2D eigenvalue weighted by molar-refractivity contribution is 5.73. The van der Waals surface area contributed by atoms with Crippen LogP contribution in [0.15, 0.2) is 18.2 Å². The Balaban J connectivity index is 1.91. The number of nitrogens with zero attached hydrogens (tertiary/aromatic N) is 1. The lowest BCUT2D eigenvalue weighted by atomic mass is 10.0. The van der Waals surface area contributed by atoms with E-state index in [1.165, 1.54) is 0 Å². The molecule has 1 saturated heterocycles. The van der Waals surface area contributed by atoms with Crippen molar-refractivity contribution in [1.82, 2.24) is 10.2 Å². The molecule has 1 amide bonds. The second-order valence-corrected chi connectivity index (χ2v) is 5.32. The van der Waals surface area contributed by atoms with Crippen molar-refractivity contribution in [3.05, 3.63) is 23.8 Å². The highest BCUT2D eigenvalue weighted by Gasteiger charge is 2.20. The average molecular weight is 277 g/mol. The van der Waals surface area contributed by atoms with Gasteiger partial charge in [0.15, 0.2) is 0 Å². The number of nitrogens with one attached hydrogen (secondary N) is 1. The maximum absolute atomic E-state index is 11.0. The number of likely N-dealkylation sites (tertiary alicyclic amines) is 1. The summed E-state index contributed by atoms with van der Waals surface area (Å²) < 4.78 is 5.38. The first-order valence-electron chi connectivity index (χ1n) is 7.00. The Hall–Kier alpha value is -1.75. The van der Waals surface area contributed by atoms with Crippen molar-refractivity contribution in [2.45, 2.75) is 32.4 Å². The number of benzene rings is 1. The van der Waals surface area contributed by atoms with E-state index in [9.17, 15) is 4.79 Å². The molecule has 0 saturated carbocycles. The second kappa shape index (κ2) is 6.61. The molecule has 1 fully saturated rings. The van der Waals surface area contributed by atoms with Gasteiger partial charge in [0, 0.05) is 49.9 Å². The molecule has 1 heterocycles. The van der Waals surface area contributed by atoms with Crippen molar-refractivity contribution in [2.75, 3.05) is 25.9 Å². The number of ether oxygens (including phenoxy) is 1. The smallest absolute Gasteiger partial charge is 0.217 e. The number of rotatable bonds is 4. The van der Waals surface area contributed by atoms with Crippen LogP contribution in [0.1, 0.15) is 25.3 Å². The van der Waals surface area contributed by atoms with Gasteiger partial charge >= 0.3 is 0 Å². The van der Waals surface area contributed by atoms with E-state index in [-0.39, 0.29) is 5.91 Å². The van der Waals surface area contributed by atoms with Crippen LogP contribution in [0.4, 0.5) is 5.69 Å². The van der Waals surface area contributed by atoms with Crippen LogP contribution in [0.2, 0.25) is 0 Å². The fourth-order valence-corrected chi connectivity index (χ4v) is 2.66. The molecule has 2 rings (SSSR count). The predicted octanol–water partition coefficient (Wildman–Crippen LogP) is 1.38. The molecule has 0 aromatic heterocycles. The summed E-state index contributed by atoms with van der Waals surface area (Å²) in [5.41, 5.74) is 7.64. The highest BCUT2D eigenvalue weighted by Crippen LogP contribution is 2.24. The molecule has 0 aliphatic carbocycles. The monoisotopic (exact) mass is 277 g/mol. The Bertz CT molecular complexity index is 468. The van der Waals surface area contributed by atoms with E-state index in [0.29, 0.717) is 6.04 Å². The number of carbonyl (C=O) groups is 1.